The van der Waals surface area contributed by atoms with Gasteiger partial charge in [-0.25, -0.2) is 4.98 Å². The standard InChI is InChI=1S/C20H15N3/c1-2-6-15(7-3-1)16-9-11-17(12-10-16)19-14-22-20(23-19)18-8-4-5-13-21-18/h1-14H,(H,22,23). The zero-order chi connectivity index (χ0) is 15.5. The highest BCUT2D eigenvalue weighted by molar-refractivity contribution is 5.69. The van der Waals surface area contributed by atoms with Crippen LogP contribution in [-0.2, 0) is 0 Å². The molecule has 0 radical (unpaired) electrons. The van der Waals surface area contributed by atoms with E-state index < -0.39 is 0 Å². The van der Waals surface area contributed by atoms with E-state index in [0.29, 0.717) is 0 Å². The van der Waals surface area contributed by atoms with E-state index in [1.54, 1.807) is 6.20 Å². The highest BCUT2D eigenvalue weighted by atomic mass is 14.9. The number of imidazole rings is 1. The molecule has 0 saturated carbocycles. The number of aromatic amines is 1. The van der Waals surface area contributed by atoms with Crippen LogP contribution in [0.25, 0.3) is 33.9 Å². The molecule has 1 N–H and O–H groups in total. The number of hydrogen-bond donors (Lipinski definition) is 1. The Labute approximate surface area is 134 Å². The monoisotopic (exact) mass is 297 g/mol. The van der Waals surface area contributed by atoms with Gasteiger partial charge < -0.3 is 4.98 Å². The molecule has 0 aliphatic carbocycles. The van der Waals surface area contributed by atoms with Crippen LogP contribution in [0, 0.1) is 0 Å². The zero-order valence-electron chi connectivity index (χ0n) is 12.5. The number of aromatic nitrogens is 3. The van der Waals surface area contributed by atoms with E-state index >= 15 is 0 Å². The third kappa shape index (κ3) is 2.77. The van der Waals surface area contributed by atoms with Crippen molar-refractivity contribution in [1.82, 2.24) is 15.0 Å². The van der Waals surface area contributed by atoms with Crippen molar-refractivity contribution in [3.63, 3.8) is 0 Å². The number of hydrogen-bond acceptors (Lipinski definition) is 2. The highest BCUT2D eigenvalue weighted by Crippen LogP contribution is 2.25. The minimum Gasteiger partial charge on any atom is -0.337 e. The normalized spacial score (nSPS) is 10.6. The van der Waals surface area contributed by atoms with Gasteiger partial charge >= 0.3 is 0 Å². The number of nitrogens with one attached hydrogen (secondary N) is 1. The van der Waals surface area contributed by atoms with Crippen molar-refractivity contribution in [2.75, 3.05) is 0 Å². The fraction of sp³-hybridized carbons (Fsp3) is 0. The van der Waals surface area contributed by atoms with Crippen LogP contribution >= 0.6 is 0 Å². The average Bonchev–Trinajstić information content (AvgIpc) is 3.14. The molecule has 110 valence electrons. The van der Waals surface area contributed by atoms with Crippen LogP contribution < -0.4 is 0 Å². The van der Waals surface area contributed by atoms with Gasteiger partial charge in [-0.15, -0.1) is 0 Å². The van der Waals surface area contributed by atoms with Crippen LogP contribution in [0.3, 0.4) is 0 Å². The first-order valence-electron chi connectivity index (χ1n) is 7.52. The topological polar surface area (TPSA) is 41.6 Å². The first kappa shape index (κ1) is 13.5. The molecule has 0 amide bonds. The quantitative estimate of drug-likeness (QED) is 0.590. The van der Waals surface area contributed by atoms with Gasteiger partial charge in [-0.3, -0.25) is 4.98 Å². The maximum atomic E-state index is 4.43. The summed E-state index contributed by atoms with van der Waals surface area (Å²) in [7, 11) is 0. The molecule has 0 atom stereocenters. The van der Waals surface area contributed by atoms with Gasteiger partial charge in [0.25, 0.3) is 0 Å². The molecule has 0 fully saturated rings. The Morgan fingerprint density at radius 2 is 1.30 bits per heavy atom. The van der Waals surface area contributed by atoms with E-state index in [4.69, 9.17) is 0 Å². The first-order valence-corrected chi connectivity index (χ1v) is 7.52. The predicted octanol–water partition coefficient (Wildman–Crippen LogP) is 4.81. The van der Waals surface area contributed by atoms with Crippen molar-refractivity contribution in [2.24, 2.45) is 0 Å². The lowest BCUT2D eigenvalue weighted by Gasteiger charge is -2.03. The third-order valence-electron chi connectivity index (χ3n) is 3.79. The minimum atomic E-state index is 0.785. The van der Waals surface area contributed by atoms with Crippen molar-refractivity contribution >= 4 is 0 Å². The summed E-state index contributed by atoms with van der Waals surface area (Å²) in [4.78, 5) is 12.1. The molecule has 0 unspecified atom stereocenters. The van der Waals surface area contributed by atoms with Crippen LogP contribution in [0.4, 0.5) is 0 Å². The summed E-state index contributed by atoms with van der Waals surface area (Å²) in [6.07, 6.45) is 3.62. The molecule has 0 aliphatic rings. The molecule has 0 saturated heterocycles. The Bertz CT molecular complexity index is 895. The van der Waals surface area contributed by atoms with Gasteiger partial charge in [0.15, 0.2) is 5.82 Å². The van der Waals surface area contributed by atoms with Gasteiger partial charge in [0, 0.05) is 6.20 Å². The van der Waals surface area contributed by atoms with Crippen LogP contribution in [0.5, 0.6) is 0 Å². The van der Waals surface area contributed by atoms with E-state index in [2.05, 4.69) is 63.5 Å². The van der Waals surface area contributed by atoms with Gasteiger partial charge in [0.1, 0.15) is 5.69 Å². The van der Waals surface area contributed by atoms with Crippen LogP contribution in [0.2, 0.25) is 0 Å². The van der Waals surface area contributed by atoms with E-state index in [9.17, 15) is 0 Å². The van der Waals surface area contributed by atoms with Crippen LogP contribution in [0.15, 0.2) is 85.2 Å². The molecular formula is C20H15N3. The lowest BCUT2D eigenvalue weighted by molar-refractivity contribution is 1.22. The maximum Gasteiger partial charge on any atom is 0.156 e. The molecular weight excluding hydrogens is 282 g/mol. The molecule has 4 aromatic rings. The van der Waals surface area contributed by atoms with Crippen molar-refractivity contribution < 1.29 is 0 Å². The zero-order valence-corrected chi connectivity index (χ0v) is 12.5. The molecule has 4 rings (SSSR count). The van der Waals surface area contributed by atoms with Crippen molar-refractivity contribution in [2.45, 2.75) is 0 Å². The lowest BCUT2D eigenvalue weighted by Crippen LogP contribution is -1.84. The summed E-state index contributed by atoms with van der Waals surface area (Å²) < 4.78 is 0. The van der Waals surface area contributed by atoms with E-state index in [-0.39, 0.29) is 0 Å². The first-order chi connectivity index (χ1) is 11.4. The molecule has 3 nitrogen and oxygen atoms in total. The van der Waals surface area contributed by atoms with E-state index in [0.717, 1.165) is 22.8 Å². The van der Waals surface area contributed by atoms with Crippen molar-refractivity contribution in [3.8, 4) is 33.9 Å². The van der Waals surface area contributed by atoms with Gasteiger partial charge in [0.2, 0.25) is 0 Å². The second-order valence-corrected chi connectivity index (χ2v) is 5.30. The largest absolute Gasteiger partial charge is 0.337 e. The molecule has 3 heteroatoms. The summed E-state index contributed by atoms with van der Waals surface area (Å²) in [6, 6.07) is 24.6. The Morgan fingerprint density at radius 3 is 2.04 bits per heavy atom. The Morgan fingerprint density at radius 1 is 0.609 bits per heavy atom. The molecule has 2 aromatic carbocycles. The Balaban J connectivity index is 1.63. The second kappa shape index (κ2) is 5.89. The van der Waals surface area contributed by atoms with Crippen molar-refractivity contribution in [1.29, 1.82) is 0 Å². The molecule has 0 bridgehead atoms. The van der Waals surface area contributed by atoms with Gasteiger partial charge in [-0.2, -0.15) is 0 Å². The molecule has 0 spiro atoms. The van der Waals surface area contributed by atoms with Crippen LogP contribution in [-0.4, -0.2) is 15.0 Å². The number of nitrogens with zero attached hydrogens (tertiary/aromatic N) is 2. The molecule has 0 aliphatic heterocycles. The second-order valence-electron chi connectivity index (χ2n) is 5.30. The summed E-state index contributed by atoms with van der Waals surface area (Å²) in [5.41, 5.74) is 5.38. The summed E-state index contributed by atoms with van der Waals surface area (Å²) in [6.45, 7) is 0. The summed E-state index contributed by atoms with van der Waals surface area (Å²) >= 11 is 0. The Kier molecular flexibility index (Phi) is 3.45. The fourth-order valence-electron chi connectivity index (χ4n) is 2.57. The summed E-state index contributed by atoms with van der Waals surface area (Å²) in [5, 5.41) is 0. The number of pyridine rings is 1. The van der Waals surface area contributed by atoms with Crippen LogP contribution in [0.1, 0.15) is 0 Å². The lowest BCUT2D eigenvalue weighted by atomic mass is 10.0. The third-order valence-corrected chi connectivity index (χ3v) is 3.79. The maximum absolute atomic E-state index is 4.43. The van der Waals surface area contributed by atoms with Gasteiger partial charge in [-0.1, -0.05) is 60.7 Å². The Hall–Kier alpha value is -3.20. The smallest absolute Gasteiger partial charge is 0.156 e. The van der Waals surface area contributed by atoms with Gasteiger partial charge in [-0.05, 0) is 28.8 Å². The average molecular weight is 297 g/mol. The number of rotatable bonds is 3. The molecule has 2 heterocycles. The predicted molar refractivity (Wildman–Crippen MR) is 92.7 cm³/mol. The van der Waals surface area contributed by atoms with E-state index in [1.807, 2.05) is 30.5 Å². The van der Waals surface area contributed by atoms with Gasteiger partial charge in [0.05, 0.1) is 11.9 Å². The summed E-state index contributed by atoms with van der Waals surface area (Å²) in [5.74, 6) is 0.785. The minimum absolute atomic E-state index is 0.785. The number of benzene rings is 2. The fourth-order valence-corrected chi connectivity index (χ4v) is 2.57. The van der Waals surface area contributed by atoms with Crippen molar-refractivity contribution in [3.05, 3.63) is 85.2 Å². The van der Waals surface area contributed by atoms with E-state index in [1.165, 1.54) is 11.1 Å². The molecule has 2 aromatic heterocycles. The number of H-pyrrole nitrogens is 1. The SMILES string of the molecule is c1ccc(-c2ccc(-c3cnc(-c4ccccn4)[nH]3)cc2)cc1. The molecule has 23 heavy (non-hydrogen) atoms. The highest BCUT2D eigenvalue weighted by Gasteiger charge is 2.06.